The minimum Gasteiger partial charge on any atom is -0.372 e. The van der Waals surface area contributed by atoms with Gasteiger partial charge in [0.1, 0.15) is 4.21 Å². The molecule has 0 unspecified atom stereocenters. The molecule has 0 aliphatic rings. The normalized spacial score (nSPS) is 11.7. The Labute approximate surface area is 203 Å². The van der Waals surface area contributed by atoms with Gasteiger partial charge < -0.3 is 5.11 Å². The first-order valence-electron chi connectivity index (χ1n) is 10.5. The average molecular weight is 493 g/mol. The van der Waals surface area contributed by atoms with Gasteiger partial charge in [-0.3, -0.25) is 4.79 Å². The lowest BCUT2D eigenvalue weighted by Crippen LogP contribution is -2.54. The molecule has 3 aromatic carbocycles. The summed E-state index contributed by atoms with van der Waals surface area (Å²) in [5, 5.41) is 13.5. The van der Waals surface area contributed by atoms with Gasteiger partial charge in [0.2, 0.25) is 0 Å². The molecule has 1 aromatic heterocycles. The molecule has 2 N–H and O–H groups in total. The lowest BCUT2D eigenvalue weighted by molar-refractivity contribution is -0.136. The Kier molecular flexibility index (Phi) is 6.56. The number of aryl methyl sites for hydroxylation is 2. The molecule has 4 rings (SSSR count). The van der Waals surface area contributed by atoms with Gasteiger partial charge in [-0.2, -0.15) is 12.8 Å². The Morgan fingerprint density at radius 1 is 0.824 bits per heavy atom. The summed E-state index contributed by atoms with van der Waals surface area (Å²) in [6, 6.07) is 25.1. The van der Waals surface area contributed by atoms with Crippen molar-refractivity contribution in [2.75, 3.05) is 4.41 Å². The lowest BCUT2D eigenvalue weighted by atomic mass is 9.85. The van der Waals surface area contributed by atoms with Crippen LogP contribution in [0.3, 0.4) is 0 Å². The number of para-hydroxylation sites is 1. The van der Waals surface area contributed by atoms with Gasteiger partial charge in [0.15, 0.2) is 5.60 Å². The number of carbonyl (C=O) groups is 1. The second-order valence-corrected chi connectivity index (χ2v) is 10.9. The van der Waals surface area contributed by atoms with E-state index in [1.165, 1.54) is 6.07 Å². The molecule has 0 spiro atoms. The molecule has 0 atom stereocenters. The number of hydrazine groups is 1. The Balaban J connectivity index is 1.83. The van der Waals surface area contributed by atoms with E-state index in [9.17, 15) is 18.3 Å². The Bertz CT molecular complexity index is 1320. The van der Waals surface area contributed by atoms with Crippen molar-refractivity contribution in [1.29, 1.82) is 0 Å². The third-order valence-electron chi connectivity index (χ3n) is 5.45. The summed E-state index contributed by atoms with van der Waals surface area (Å²) in [7, 11) is -4.14. The van der Waals surface area contributed by atoms with E-state index in [0.717, 1.165) is 26.9 Å². The monoisotopic (exact) mass is 492 g/mol. The first kappa shape index (κ1) is 23.7. The van der Waals surface area contributed by atoms with Gasteiger partial charge >= 0.3 is 0 Å². The number of benzene rings is 3. The molecule has 174 valence electrons. The number of nitrogens with zero attached hydrogens (tertiary/aromatic N) is 1. The zero-order valence-electron chi connectivity index (χ0n) is 18.7. The predicted molar refractivity (Wildman–Crippen MR) is 134 cm³/mol. The number of anilines is 1. The van der Waals surface area contributed by atoms with Gasteiger partial charge in [-0.15, -0.1) is 11.3 Å². The van der Waals surface area contributed by atoms with Crippen molar-refractivity contribution < 1.29 is 18.3 Å². The van der Waals surface area contributed by atoms with E-state index in [1.807, 2.05) is 13.8 Å². The van der Waals surface area contributed by atoms with Crippen LogP contribution in [0.2, 0.25) is 0 Å². The summed E-state index contributed by atoms with van der Waals surface area (Å²) in [5.74, 6) is -0.899. The standard InChI is InChI=1S/C26H24N2O4S2/c1-19-10-14-21(15-11-19)26(30,22-16-12-20(2)13-17-22)25(29)27-28(23-7-4-3-5-8-23)34(31,32)24-9-6-18-33-24/h3-18,30H,1-2H3,(H,27,29). The molecule has 34 heavy (non-hydrogen) atoms. The third-order valence-corrected chi connectivity index (χ3v) is 8.46. The molecule has 1 amide bonds. The molecular formula is C26H24N2O4S2. The molecule has 0 radical (unpaired) electrons. The van der Waals surface area contributed by atoms with Crippen molar-refractivity contribution in [3.8, 4) is 0 Å². The van der Waals surface area contributed by atoms with Crippen LogP contribution in [0.4, 0.5) is 5.69 Å². The van der Waals surface area contributed by atoms with Crippen molar-refractivity contribution in [3.63, 3.8) is 0 Å². The number of carbonyl (C=O) groups excluding carboxylic acids is 1. The van der Waals surface area contributed by atoms with E-state index in [0.29, 0.717) is 11.1 Å². The van der Waals surface area contributed by atoms with E-state index in [4.69, 9.17) is 0 Å². The highest BCUT2D eigenvalue weighted by molar-refractivity contribution is 7.94. The van der Waals surface area contributed by atoms with Crippen LogP contribution in [0.1, 0.15) is 22.3 Å². The Morgan fingerprint density at radius 3 is 1.82 bits per heavy atom. The van der Waals surface area contributed by atoms with Gasteiger partial charge in [0, 0.05) is 0 Å². The SMILES string of the molecule is Cc1ccc(C(O)(C(=O)NN(c2ccccc2)S(=O)(=O)c2cccs2)c2ccc(C)cc2)cc1. The third kappa shape index (κ3) is 4.48. The van der Waals surface area contributed by atoms with Crippen LogP contribution in [0.25, 0.3) is 0 Å². The first-order valence-corrected chi connectivity index (χ1v) is 12.9. The predicted octanol–water partition coefficient (Wildman–Crippen LogP) is 4.53. The molecule has 0 fully saturated rings. The van der Waals surface area contributed by atoms with E-state index in [2.05, 4.69) is 5.43 Å². The van der Waals surface area contributed by atoms with Crippen molar-refractivity contribution in [2.45, 2.75) is 23.7 Å². The van der Waals surface area contributed by atoms with Gasteiger partial charge in [-0.25, -0.2) is 5.43 Å². The highest BCUT2D eigenvalue weighted by Crippen LogP contribution is 2.32. The number of rotatable bonds is 7. The number of sulfonamides is 1. The fraction of sp³-hybridized carbons (Fsp3) is 0.115. The Morgan fingerprint density at radius 2 is 1.35 bits per heavy atom. The summed E-state index contributed by atoms with van der Waals surface area (Å²) in [6.07, 6.45) is 0. The summed E-state index contributed by atoms with van der Waals surface area (Å²) < 4.78 is 27.8. The number of aliphatic hydroxyl groups is 1. The molecule has 6 nitrogen and oxygen atoms in total. The zero-order chi connectivity index (χ0) is 24.3. The fourth-order valence-corrected chi connectivity index (χ4v) is 5.88. The van der Waals surface area contributed by atoms with Crippen molar-refractivity contribution in [1.82, 2.24) is 5.43 Å². The number of hydrogen-bond acceptors (Lipinski definition) is 5. The van der Waals surface area contributed by atoms with Gasteiger partial charge in [0.05, 0.1) is 5.69 Å². The van der Waals surface area contributed by atoms with E-state index < -0.39 is 21.5 Å². The summed E-state index contributed by atoms with van der Waals surface area (Å²) in [4.78, 5) is 13.8. The summed E-state index contributed by atoms with van der Waals surface area (Å²) in [6.45, 7) is 3.80. The molecule has 4 aromatic rings. The van der Waals surface area contributed by atoms with Crippen LogP contribution in [0.15, 0.2) is 101 Å². The highest BCUT2D eigenvalue weighted by Gasteiger charge is 2.42. The number of hydrogen-bond donors (Lipinski definition) is 2. The van der Waals surface area contributed by atoms with Gasteiger partial charge in [-0.05, 0) is 48.6 Å². The van der Waals surface area contributed by atoms with Crippen molar-refractivity contribution >= 4 is 33.0 Å². The molecule has 8 heteroatoms. The summed E-state index contributed by atoms with van der Waals surface area (Å²) in [5.41, 5.74) is 3.15. The second-order valence-electron chi connectivity index (χ2n) is 7.92. The summed E-state index contributed by atoms with van der Waals surface area (Å²) >= 11 is 1.04. The highest BCUT2D eigenvalue weighted by atomic mass is 32.2. The topological polar surface area (TPSA) is 86.7 Å². The quantitative estimate of drug-likeness (QED) is 0.371. The number of thiophene rings is 1. The molecule has 0 bridgehead atoms. The fourth-order valence-electron chi connectivity index (χ4n) is 3.52. The van der Waals surface area contributed by atoms with Crippen molar-refractivity contribution in [2.24, 2.45) is 0 Å². The maximum Gasteiger partial charge on any atom is 0.291 e. The van der Waals surface area contributed by atoms with Crippen LogP contribution >= 0.6 is 11.3 Å². The zero-order valence-corrected chi connectivity index (χ0v) is 20.3. The van der Waals surface area contributed by atoms with Gasteiger partial charge in [-0.1, -0.05) is 83.9 Å². The van der Waals surface area contributed by atoms with Crippen LogP contribution in [0.5, 0.6) is 0 Å². The number of nitrogens with one attached hydrogen (secondary N) is 1. The maximum absolute atomic E-state index is 13.8. The van der Waals surface area contributed by atoms with E-state index >= 15 is 0 Å². The average Bonchev–Trinajstić information content (AvgIpc) is 3.39. The van der Waals surface area contributed by atoms with Crippen LogP contribution in [-0.4, -0.2) is 19.4 Å². The number of amides is 1. The maximum atomic E-state index is 13.8. The molecule has 0 aliphatic carbocycles. The molecule has 0 saturated carbocycles. The minimum absolute atomic E-state index is 0.0610. The van der Waals surface area contributed by atoms with Gasteiger partial charge in [0.25, 0.3) is 15.9 Å². The van der Waals surface area contributed by atoms with E-state index in [1.54, 1.807) is 90.3 Å². The Hall–Kier alpha value is -3.46. The lowest BCUT2D eigenvalue weighted by Gasteiger charge is -2.32. The largest absolute Gasteiger partial charge is 0.372 e. The molecular weight excluding hydrogens is 468 g/mol. The minimum atomic E-state index is -4.14. The van der Waals surface area contributed by atoms with Crippen LogP contribution in [0, 0.1) is 13.8 Å². The first-order chi connectivity index (χ1) is 16.2. The van der Waals surface area contributed by atoms with E-state index in [-0.39, 0.29) is 9.90 Å². The van der Waals surface area contributed by atoms with Crippen LogP contribution in [-0.2, 0) is 20.4 Å². The molecule has 1 heterocycles. The molecule has 0 aliphatic heterocycles. The van der Waals surface area contributed by atoms with Crippen molar-refractivity contribution in [3.05, 3.63) is 119 Å². The smallest absolute Gasteiger partial charge is 0.291 e. The molecule has 0 saturated heterocycles. The van der Waals surface area contributed by atoms with Crippen LogP contribution < -0.4 is 9.84 Å². The second kappa shape index (κ2) is 9.42.